The minimum atomic E-state index is -0.155. The van der Waals surface area contributed by atoms with Crippen LogP contribution in [0.15, 0.2) is 164 Å². The largest absolute Gasteiger partial charge is 0.507 e. The maximum atomic E-state index is 11.4. The van der Waals surface area contributed by atoms with Gasteiger partial charge in [-0.15, -0.1) is 29.3 Å². The van der Waals surface area contributed by atoms with Crippen LogP contribution in [0.5, 0.6) is 5.75 Å². The molecule has 9 aromatic rings. The predicted octanol–water partition coefficient (Wildman–Crippen LogP) is 16.1. The summed E-state index contributed by atoms with van der Waals surface area (Å²) in [5.41, 5.74) is 18.9. The minimum Gasteiger partial charge on any atom is -0.507 e. The Morgan fingerprint density at radius 1 is 0.515 bits per heavy atom. The molecular weight excluding hydrogens is 986 g/mol. The molecule has 9 rings (SSSR count). The van der Waals surface area contributed by atoms with Gasteiger partial charge in [0.15, 0.2) is 0 Å². The van der Waals surface area contributed by atoms with E-state index in [1.807, 2.05) is 24.4 Å². The van der Waals surface area contributed by atoms with Crippen molar-refractivity contribution in [1.82, 2.24) is 14.5 Å². The molecule has 2 aromatic heterocycles. The summed E-state index contributed by atoms with van der Waals surface area (Å²) in [5, 5.41) is 11.4. The van der Waals surface area contributed by atoms with Gasteiger partial charge in [0.05, 0.1) is 22.3 Å². The number of hydrogen-bond acceptors (Lipinski definition) is 3. The van der Waals surface area contributed by atoms with Gasteiger partial charge in [-0.3, -0.25) is 9.55 Å². The molecule has 66 heavy (non-hydrogen) atoms. The van der Waals surface area contributed by atoms with Gasteiger partial charge in [0.25, 0.3) is 0 Å². The summed E-state index contributed by atoms with van der Waals surface area (Å²) in [6, 6.07) is 59.4. The van der Waals surface area contributed by atoms with Gasteiger partial charge in [0, 0.05) is 33.0 Å². The SMILES string of the molecule is Cc1cc(-c2c(-c3ccccc3)cccc2C(C)(C)C)ccc1-n1c(-c2ccccc2O)nc2c(-c3[c-]c(-c4cc(-c5ccc(C(C)(C)C)cc5)ccn4)cc(C(C)(C)C)c3)cccc21.[Pt]. The van der Waals surface area contributed by atoms with Gasteiger partial charge in [-0.25, -0.2) is 4.98 Å². The fraction of sp³-hybridized carbons (Fsp3) is 0.213. The van der Waals surface area contributed by atoms with E-state index in [1.165, 1.54) is 33.4 Å². The number of imidazole rings is 1. The number of pyridine rings is 1. The van der Waals surface area contributed by atoms with Crippen LogP contribution in [0.4, 0.5) is 0 Å². The van der Waals surface area contributed by atoms with Crippen LogP contribution >= 0.6 is 0 Å². The monoisotopic (exact) mass is 1040 g/mol. The molecule has 0 aliphatic rings. The number of aryl methyl sites for hydroxylation is 1. The molecule has 334 valence electrons. The molecule has 0 saturated heterocycles. The first-order valence-corrected chi connectivity index (χ1v) is 22.7. The van der Waals surface area contributed by atoms with Crippen molar-refractivity contribution in [2.24, 2.45) is 0 Å². The number of phenols is 1. The molecule has 0 amide bonds. The third-order valence-corrected chi connectivity index (χ3v) is 12.7. The third kappa shape index (κ3) is 8.97. The van der Waals surface area contributed by atoms with Gasteiger partial charge < -0.3 is 5.11 Å². The molecule has 0 atom stereocenters. The average Bonchev–Trinajstić information content (AvgIpc) is 3.67. The van der Waals surface area contributed by atoms with Crippen LogP contribution in [0, 0.1) is 13.0 Å². The van der Waals surface area contributed by atoms with Crippen molar-refractivity contribution in [3.8, 4) is 78.6 Å². The number of aromatic hydroxyl groups is 1. The maximum absolute atomic E-state index is 11.4. The zero-order chi connectivity index (χ0) is 45.8. The molecule has 7 aromatic carbocycles. The summed E-state index contributed by atoms with van der Waals surface area (Å²) in [6.45, 7) is 22.5. The van der Waals surface area contributed by atoms with Crippen LogP contribution in [-0.2, 0) is 37.3 Å². The van der Waals surface area contributed by atoms with Crippen molar-refractivity contribution >= 4 is 11.0 Å². The molecule has 0 saturated carbocycles. The Kier molecular flexibility index (Phi) is 12.5. The second-order valence-corrected chi connectivity index (χ2v) is 20.5. The van der Waals surface area contributed by atoms with Crippen LogP contribution in [0.3, 0.4) is 0 Å². The first-order chi connectivity index (χ1) is 31.0. The quantitative estimate of drug-likeness (QED) is 0.162. The van der Waals surface area contributed by atoms with Gasteiger partial charge in [0.2, 0.25) is 0 Å². The average molecular weight is 1040 g/mol. The Balaban J connectivity index is 0.00000592. The number of benzene rings is 7. The molecule has 0 aliphatic heterocycles. The van der Waals surface area contributed by atoms with Crippen molar-refractivity contribution in [1.29, 1.82) is 0 Å². The van der Waals surface area contributed by atoms with E-state index in [4.69, 9.17) is 9.97 Å². The van der Waals surface area contributed by atoms with Crippen LogP contribution in [-0.4, -0.2) is 19.6 Å². The summed E-state index contributed by atoms with van der Waals surface area (Å²) in [5.74, 6) is 0.842. The second kappa shape index (κ2) is 17.8. The van der Waals surface area contributed by atoms with Crippen molar-refractivity contribution in [2.45, 2.75) is 85.5 Å². The Bertz CT molecular complexity index is 3210. The van der Waals surface area contributed by atoms with Gasteiger partial charge in [-0.05, 0) is 110 Å². The standard InChI is InChI=1S/C61H58N3O.Pt/c1-39-34-43(56-48(41-18-12-11-13-19-41)21-16-23-51(56)61(8,9)10)28-31-53(39)64-54-24-17-22-49(57(54)63-58(64)50-20-14-15-25-55(50)65)44-35-45(37-47(36-44)60(5,6)7)52-38-42(32-33-62-52)40-26-29-46(30-27-40)59(2,3)4;/h11-34,36-38,65H,1-10H3;/q-1;. The number of hydrogen-bond donors (Lipinski definition) is 1. The van der Waals surface area contributed by atoms with E-state index in [-0.39, 0.29) is 43.1 Å². The van der Waals surface area contributed by atoms with E-state index < -0.39 is 0 Å². The third-order valence-electron chi connectivity index (χ3n) is 12.7. The van der Waals surface area contributed by atoms with Crippen LogP contribution in [0.1, 0.15) is 84.6 Å². The fourth-order valence-electron chi connectivity index (χ4n) is 9.02. The molecule has 0 radical (unpaired) electrons. The van der Waals surface area contributed by atoms with Crippen LogP contribution in [0.2, 0.25) is 0 Å². The van der Waals surface area contributed by atoms with Gasteiger partial charge in [-0.2, -0.15) is 0 Å². The predicted molar refractivity (Wildman–Crippen MR) is 273 cm³/mol. The molecule has 1 N–H and O–H groups in total. The summed E-state index contributed by atoms with van der Waals surface area (Å²) >= 11 is 0. The molecule has 5 heteroatoms. The fourth-order valence-corrected chi connectivity index (χ4v) is 9.02. The van der Waals surface area contributed by atoms with E-state index in [9.17, 15) is 5.11 Å². The number of fused-ring (bicyclic) bond motifs is 1. The molecule has 0 spiro atoms. The normalized spacial score (nSPS) is 12.0. The maximum Gasteiger partial charge on any atom is 0.148 e. The first kappa shape index (κ1) is 46.2. The van der Waals surface area contributed by atoms with Gasteiger partial charge in [0.1, 0.15) is 11.6 Å². The molecule has 4 nitrogen and oxygen atoms in total. The molecule has 0 unspecified atom stereocenters. The van der Waals surface area contributed by atoms with Gasteiger partial charge in [-0.1, -0.05) is 183 Å². The molecule has 0 bridgehead atoms. The number of phenolic OH excluding ortho intramolecular Hbond substituents is 1. The zero-order valence-electron chi connectivity index (χ0n) is 39.7. The van der Waals surface area contributed by atoms with E-state index in [0.29, 0.717) is 11.4 Å². The number of para-hydroxylation sites is 2. The molecule has 0 aliphatic carbocycles. The number of aromatic nitrogens is 3. The smallest absolute Gasteiger partial charge is 0.148 e. The van der Waals surface area contributed by atoms with E-state index in [0.717, 1.165) is 61.4 Å². The van der Waals surface area contributed by atoms with Crippen LogP contribution in [0.25, 0.3) is 83.9 Å². The Morgan fingerprint density at radius 3 is 1.83 bits per heavy atom. The molecule has 0 fully saturated rings. The Morgan fingerprint density at radius 2 is 1.15 bits per heavy atom. The number of rotatable bonds is 7. The molecule has 2 heterocycles. The summed E-state index contributed by atoms with van der Waals surface area (Å²) < 4.78 is 2.21. The minimum absolute atomic E-state index is 0. The second-order valence-electron chi connectivity index (χ2n) is 20.5. The van der Waals surface area contributed by atoms with Crippen molar-refractivity contribution in [3.63, 3.8) is 0 Å². The van der Waals surface area contributed by atoms with E-state index in [2.05, 4.69) is 213 Å². The Hall–Kier alpha value is -6.35. The Labute approximate surface area is 405 Å². The zero-order valence-corrected chi connectivity index (χ0v) is 42.0. The van der Waals surface area contributed by atoms with Crippen molar-refractivity contribution in [3.05, 3.63) is 192 Å². The summed E-state index contributed by atoms with van der Waals surface area (Å²) in [6.07, 6.45) is 1.90. The van der Waals surface area contributed by atoms with Crippen LogP contribution < -0.4 is 0 Å². The topological polar surface area (TPSA) is 50.9 Å². The van der Waals surface area contributed by atoms with Crippen molar-refractivity contribution in [2.75, 3.05) is 0 Å². The molecular formula is C61H58N3OPt-. The summed E-state index contributed by atoms with van der Waals surface area (Å²) in [4.78, 5) is 10.4. The summed E-state index contributed by atoms with van der Waals surface area (Å²) in [7, 11) is 0. The number of nitrogens with zero attached hydrogens (tertiary/aromatic N) is 3. The van der Waals surface area contributed by atoms with Crippen molar-refractivity contribution < 1.29 is 26.2 Å². The van der Waals surface area contributed by atoms with Gasteiger partial charge >= 0.3 is 0 Å². The van der Waals surface area contributed by atoms with E-state index in [1.54, 1.807) is 6.07 Å². The van der Waals surface area contributed by atoms with E-state index >= 15 is 0 Å². The first-order valence-electron chi connectivity index (χ1n) is 22.7.